The largest absolute Gasteiger partial charge is 0.310 e. The highest BCUT2D eigenvalue weighted by molar-refractivity contribution is 5.03. The Morgan fingerprint density at radius 3 is 2.24 bits per heavy atom. The molecule has 100 valence electrons. The van der Waals surface area contributed by atoms with Crippen LogP contribution in [0.2, 0.25) is 0 Å². The quantitative estimate of drug-likeness (QED) is 0.669. The zero-order valence-electron chi connectivity index (χ0n) is 12.2. The first kappa shape index (κ1) is 14.8. The van der Waals surface area contributed by atoms with Gasteiger partial charge >= 0.3 is 0 Å². The van der Waals surface area contributed by atoms with Gasteiger partial charge in [-0.05, 0) is 38.0 Å². The fraction of sp³-hybridized carbons (Fsp3) is 0.875. The Labute approximate surface area is 108 Å². The van der Waals surface area contributed by atoms with Crippen LogP contribution in [0.15, 0.2) is 12.2 Å². The fourth-order valence-electron chi connectivity index (χ4n) is 3.01. The van der Waals surface area contributed by atoms with Crippen LogP contribution in [-0.2, 0) is 0 Å². The molecule has 1 heteroatoms. The van der Waals surface area contributed by atoms with Crippen LogP contribution in [0, 0.1) is 11.8 Å². The van der Waals surface area contributed by atoms with E-state index >= 15 is 0 Å². The number of unbranched alkanes of at least 4 members (excludes halogenated alkanes) is 1. The summed E-state index contributed by atoms with van der Waals surface area (Å²) < 4.78 is 0. The SMILES string of the molecule is CCCCC1C=C[C@H](CCC)C(C)NC1CC. The molecular formula is C16H31N. The Morgan fingerprint density at radius 1 is 0.941 bits per heavy atom. The molecule has 0 bridgehead atoms. The number of hydrogen-bond acceptors (Lipinski definition) is 1. The van der Waals surface area contributed by atoms with E-state index in [-0.39, 0.29) is 0 Å². The van der Waals surface area contributed by atoms with Gasteiger partial charge in [-0.25, -0.2) is 0 Å². The van der Waals surface area contributed by atoms with Crippen LogP contribution in [0.4, 0.5) is 0 Å². The molecule has 0 saturated heterocycles. The summed E-state index contributed by atoms with van der Waals surface area (Å²) >= 11 is 0. The Bertz CT molecular complexity index is 222. The van der Waals surface area contributed by atoms with Crippen LogP contribution in [0.1, 0.15) is 66.2 Å². The van der Waals surface area contributed by atoms with Crippen molar-refractivity contribution in [3.8, 4) is 0 Å². The van der Waals surface area contributed by atoms with Gasteiger partial charge in [-0.15, -0.1) is 0 Å². The molecule has 0 aliphatic carbocycles. The van der Waals surface area contributed by atoms with Gasteiger partial charge in [0.1, 0.15) is 0 Å². The first-order chi connectivity index (χ1) is 8.22. The average Bonchev–Trinajstić information content (AvgIpc) is 2.48. The van der Waals surface area contributed by atoms with E-state index < -0.39 is 0 Å². The van der Waals surface area contributed by atoms with E-state index in [1.165, 1.54) is 38.5 Å². The van der Waals surface area contributed by atoms with Gasteiger partial charge in [-0.2, -0.15) is 0 Å². The summed E-state index contributed by atoms with van der Waals surface area (Å²) in [5, 5.41) is 3.86. The van der Waals surface area contributed by atoms with E-state index in [0.29, 0.717) is 12.1 Å². The standard InChI is InChI=1S/C16H31N/c1-5-8-10-15-12-11-14(9-6-2)13(4)17-16(15)7-3/h11-17H,5-10H2,1-4H3/t13?,14-,15?,16?/m0/s1. The van der Waals surface area contributed by atoms with Crippen molar-refractivity contribution >= 4 is 0 Å². The average molecular weight is 237 g/mol. The van der Waals surface area contributed by atoms with Crippen LogP contribution < -0.4 is 5.32 Å². The van der Waals surface area contributed by atoms with Crippen molar-refractivity contribution in [2.75, 3.05) is 0 Å². The highest BCUT2D eigenvalue weighted by Gasteiger charge is 2.25. The smallest absolute Gasteiger partial charge is 0.0130 e. The van der Waals surface area contributed by atoms with Crippen LogP contribution in [0.3, 0.4) is 0 Å². The van der Waals surface area contributed by atoms with Gasteiger partial charge in [0.25, 0.3) is 0 Å². The van der Waals surface area contributed by atoms with Crippen molar-refractivity contribution in [2.45, 2.75) is 78.3 Å². The highest BCUT2D eigenvalue weighted by atomic mass is 15.0. The van der Waals surface area contributed by atoms with Crippen molar-refractivity contribution in [3.05, 3.63) is 12.2 Å². The summed E-state index contributed by atoms with van der Waals surface area (Å²) in [5.41, 5.74) is 0. The third kappa shape index (κ3) is 4.46. The predicted molar refractivity (Wildman–Crippen MR) is 77.2 cm³/mol. The summed E-state index contributed by atoms with van der Waals surface area (Å²) in [6, 6.07) is 1.33. The number of nitrogens with one attached hydrogen (secondary N) is 1. The van der Waals surface area contributed by atoms with Gasteiger partial charge in [-0.1, -0.05) is 52.2 Å². The highest BCUT2D eigenvalue weighted by Crippen LogP contribution is 2.25. The lowest BCUT2D eigenvalue weighted by molar-refractivity contribution is 0.318. The van der Waals surface area contributed by atoms with E-state index in [2.05, 4.69) is 45.2 Å². The minimum absolute atomic E-state index is 0.641. The van der Waals surface area contributed by atoms with E-state index in [0.717, 1.165) is 11.8 Å². The lowest BCUT2D eigenvalue weighted by Crippen LogP contribution is -2.42. The normalized spacial score (nSPS) is 33.6. The second kappa shape index (κ2) is 7.92. The lowest BCUT2D eigenvalue weighted by Gasteiger charge is -2.27. The Morgan fingerprint density at radius 2 is 1.65 bits per heavy atom. The van der Waals surface area contributed by atoms with Crippen LogP contribution in [0.5, 0.6) is 0 Å². The summed E-state index contributed by atoms with van der Waals surface area (Å²) in [4.78, 5) is 0. The summed E-state index contributed by atoms with van der Waals surface area (Å²) in [5.74, 6) is 1.49. The van der Waals surface area contributed by atoms with E-state index in [9.17, 15) is 0 Å². The Hall–Kier alpha value is -0.300. The summed E-state index contributed by atoms with van der Waals surface area (Å²) in [7, 11) is 0. The maximum absolute atomic E-state index is 3.86. The van der Waals surface area contributed by atoms with Crippen LogP contribution in [0.25, 0.3) is 0 Å². The third-order valence-electron chi connectivity index (χ3n) is 4.19. The molecule has 1 rings (SSSR count). The maximum Gasteiger partial charge on any atom is 0.0130 e. The minimum Gasteiger partial charge on any atom is -0.310 e. The van der Waals surface area contributed by atoms with Gasteiger partial charge in [0.15, 0.2) is 0 Å². The molecule has 4 atom stereocenters. The van der Waals surface area contributed by atoms with Gasteiger partial charge in [0, 0.05) is 12.1 Å². The Balaban J connectivity index is 2.65. The number of rotatable bonds is 6. The molecule has 17 heavy (non-hydrogen) atoms. The van der Waals surface area contributed by atoms with Gasteiger partial charge < -0.3 is 5.32 Å². The monoisotopic (exact) mass is 237 g/mol. The maximum atomic E-state index is 3.86. The molecule has 0 spiro atoms. The topological polar surface area (TPSA) is 12.0 Å². The molecule has 1 aliphatic rings. The van der Waals surface area contributed by atoms with Gasteiger partial charge in [0.2, 0.25) is 0 Å². The molecule has 0 saturated carbocycles. The first-order valence-corrected chi connectivity index (χ1v) is 7.67. The van der Waals surface area contributed by atoms with Crippen LogP contribution in [-0.4, -0.2) is 12.1 Å². The van der Waals surface area contributed by atoms with Crippen molar-refractivity contribution < 1.29 is 0 Å². The Kier molecular flexibility index (Phi) is 6.87. The molecule has 1 nitrogen and oxygen atoms in total. The van der Waals surface area contributed by atoms with Crippen molar-refractivity contribution in [3.63, 3.8) is 0 Å². The molecular weight excluding hydrogens is 206 g/mol. The molecule has 1 heterocycles. The molecule has 0 aromatic carbocycles. The van der Waals surface area contributed by atoms with Crippen molar-refractivity contribution in [1.29, 1.82) is 0 Å². The van der Waals surface area contributed by atoms with E-state index in [1.807, 2.05) is 0 Å². The van der Waals surface area contributed by atoms with Gasteiger partial charge in [0.05, 0.1) is 0 Å². The first-order valence-electron chi connectivity index (χ1n) is 7.67. The van der Waals surface area contributed by atoms with Gasteiger partial charge in [-0.3, -0.25) is 0 Å². The minimum atomic E-state index is 0.641. The molecule has 0 radical (unpaired) electrons. The zero-order chi connectivity index (χ0) is 12.7. The molecule has 0 amide bonds. The second-order valence-electron chi connectivity index (χ2n) is 5.61. The summed E-state index contributed by atoms with van der Waals surface area (Å²) in [6.45, 7) is 9.25. The predicted octanol–water partition coefficient (Wildman–Crippen LogP) is 4.54. The second-order valence-corrected chi connectivity index (χ2v) is 5.61. The molecule has 0 fully saturated rings. The molecule has 0 aromatic heterocycles. The number of hydrogen-bond donors (Lipinski definition) is 1. The third-order valence-corrected chi connectivity index (χ3v) is 4.19. The van der Waals surface area contributed by atoms with E-state index in [4.69, 9.17) is 0 Å². The molecule has 1 N–H and O–H groups in total. The van der Waals surface area contributed by atoms with E-state index in [1.54, 1.807) is 0 Å². The molecule has 0 aromatic rings. The fourth-order valence-corrected chi connectivity index (χ4v) is 3.01. The molecule has 3 unspecified atom stereocenters. The van der Waals surface area contributed by atoms with Crippen molar-refractivity contribution in [2.24, 2.45) is 11.8 Å². The molecule has 1 aliphatic heterocycles. The van der Waals surface area contributed by atoms with Crippen LogP contribution >= 0.6 is 0 Å². The summed E-state index contributed by atoms with van der Waals surface area (Å²) in [6.07, 6.45) is 12.9. The van der Waals surface area contributed by atoms with Crippen molar-refractivity contribution in [1.82, 2.24) is 5.32 Å². The zero-order valence-corrected chi connectivity index (χ0v) is 12.2. The lowest BCUT2D eigenvalue weighted by atomic mass is 9.92.